The lowest BCUT2D eigenvalue weighted by Gasteiger charge is -2.05. The highest BCUT2D eigenvalue weighted by Gasteiger charge is 2.08. The second-order valence-electron chi connectivity index (χ2n) is 4.72. The fourth-order valence-corrected chi connectivity index (χ4v) is 2.39. The summed E-state index contributed by atoms with van der Waals surface area (Å²) >= 11 is 2.15. The van der Waals surface area contributed by atoms with Gasteiger partial charge in [-0.25, -0.2) is 5.43 Å². The van der Waals surface area contributed by atoms with E-state index >= 15 is 0 Å². The molecule has 1 N–H and O–H groups in total. The van der Waals surface area contributed by atoms with Crippen LogP contribution >= 0.6 is 22.6 Å². The number of benzene rings is 2. The summed E-state index contributed by atoms with van der Waals surface area (Å²) in [5.74, 6) is 1.11. The Kier molecular flexibility index (Phi) is 6.80. The van der Waals surface area contributed by atoms with E-state index in [0.29, 0.717) is 17.9 Å². The molecule has 0 heterocycles. The molecule has 6 heteroatoms. The highest BCUT2D eigenvalue weighted by Crippen LogP contribution is 2.21. The molecule has 0 radical (unpaired) electrons. The molecule has 0 saturated heterocycles. The molecule has 0 aliphatic heterocycles. The molecule has 2 aromatic carbocycles. The first kappa shape index (κ1) is 18.0. The van der Waals surface area contributed by atoms with Crippen LogP contribution in [0.3, 0.4) is 0 Å². The third-order valence-electron chi connectivity index (χ3n) is 3.04. The van der Waals surface area contributed by atoms with Gasteiger partial charge in [-0.2, -0.15) is 5.10 Å². The molecule has 0 aliphatic carbocycles. The number of carbonyl (C=O) groups excluding carboxylic acids is 1. The van der Waals surface area contributed by atoms with Gasteiger partial charge in [0.05, 0.1) is 16.9 Å². The predicted octanol–water partition coefficient (Wildman–Crippen LogP) is 3.63. The topological polar surface area (TPSA) is 59.9 Å². The second kappa shape index (κ2) is 9.07. The highest BCUT2D eigenvalue weighted by molar-refractivity contribution is 14.1. The summed E-state index contributed by atoms with van der Waals surface area (Å²) in [5, 5.41) is 3.96. The fourth-order valence-electron chi connectivity index (χ4n) is 1.84. The zero-order valence-electron chi connectivity index (χ0n) is 13.2. The van der Waals surface area contributed by atoms with Crippen molar-refractivity contribution >= 4 is 34.7 Å². The smallest absolute Gasteiger partial charge is 0.271 e. The van der Waals surface area contributed by atoms with E-state index in [4.69, 9.17) is 9.47 Å². The third-order valence-corrected chi connectivity index (χ3v) is 3.93. The number of nitrogens with zero attached hydrogens (tertiary/aromatic N) is 1. The minimum Gasteiger partial charge on any atom is -0.496 e. The van der Waals surface area contributed by atoms with Crippen molar-refractivity contribution in [1.82, 2.24) is 5.43 Å². The minimum atomic E-state index is -0.299. The Hall–Kier alpha value is -2.35. The summed E-state index contributed by atoms with van der Waals surface area (Å²) < 4.78 is 11.5. The molecular formula is C18H17IN2O3. The number of methoxy groups -OCH3 is 1. The zero-order valence-corrected chi connectivity index (χ0v) is 15.3. The van der Waals surface area contributed by atoms with Crippen molar-refractivity contribution in [3.8, 4) is 11.5 Å². The maximum absolute atomic E-state index is 12.1. The van der Waals surface area contributed by atoms with Gasteiger partial charge < -0.3 is 9.47 Å². The van der Waals surface area contributed by atoms with Crippen molar-refractivity contribution in [3.63, 3.8) is 0 Å². The number of amides is 1. The number of nitrogens with one attached hydrogen (secondary N) is 1. The van der Waals surface area contributed by atoms with Gasteiger partial charge in [0, 0.05) is 5.56 Å². The molecule has 24 heavy (non-hydrogen) atoms. The third kappa shape index (κ3) is 5.09. The molecule has 0 aliphatic rings. The number of halogens is 1. The van der Waals surface area contributed by atoms with E-state index in [-0.39, 0.29) is 5.91 Å². The van der Waals surface area contributed by atoms with Gasteiger partial charge in [-0.05, 0) is 70.6 Å². The fraction of sp³-hybridized carbons (Fsp3) is 0.111. The van der Waals surface area contributed by atoms with E-state index in [1.165, 1.54) is 0 Å². The largest absolute Gasteiger partial charge is 0.496 e. The monoisotopic (exact) mass is 436 g/mol. The lowest BCUT2D eigenvalue weighted by Crippen LogP contribution is -2.17. The summed E-state index contributed by atoms with van der Waals surface area (Å²) in [7, 11) is 1.57. The maximum atomic E-state index is 12.1. The molecular weight excluding hydrogens is 419 g/mol. The van der Waals surface area contributed by atoms with E-state index in [2.05, 4.69) is 39.7 Å². The molecule has 0 saturated carbocycles. The first-order valence-electron chi connectivity index (χ1n) is 7.14. The number of rotatable bonds is 7. The Morgan fingerprint density at radius 2 is 2.04 bits per heavy atom. The van der Waals surface area contributed by atoms with Crippen LogP contribution in [0.5, 0.6) is 11.5 Å². The van der Waals surface area contributed by atoms with E-state index in [1.807, 2.05) is 30.3 Å². The van der Waals surface area contributed by atoms with Gasteiger partial charge in [-0.15, -0.1) is 0 Å². The predicted molar refractivity (Wildman–Crippen MR) is 103 cm³/mol. The van der Waals surface area contributed by atoms with Crippen LogP contribution in [-0.2, 0) is 0 Å². The van der Waals surface area contributed by atoms with E-state index in [1.54, 1.807) is 31.5 Å². The van der Waals surface area contributed by atoms with Crippen molar-refractivity contribution in [3.05, 3.63) is 69.8 Å². The van der Waals surface area contributed by atoms with Crippen molar-refractivity contribution in [2.75, 3.05) is 13.7 Å². The van der Waals surface area contributed by atoms with E-state index in [0.717, 1.165) is 14.9 Å². The summed E-state index contributed by atoms with van der Waals surface area (Å²) in [6.45, 7) is 4.06. The minimum absolute atomic E-state index is 0.299. The number of hydrogen-bond donors (Lipinski definition) is 1. The van der Waals surface area contributed by atoms with Crippen LogP contribution in [0.2, 0.25) is 0 Å². The van der Waals surface area contributed by atoms with Crippen LogP contribution < -0.4 is 14.9 Å². The Morgan fingerprint density at radius 1 is 1.29 bits per heavy atom. The SMILES string of the molecule is C=CCOc1ccc(/C=N\NC(=O)c2ccc(I)c(OC)c2)cc1. The summed E-state index contributed by atoms with van der Waals surface area (Å²) in [5.41, 5.74) is 3.83. The average Bonchev–Trinajstić information content (AvgIpc) is 2.61. The van der Waals surface area contributed by atoms with Crippen molar-refractivity contribution in [1.29, 1.82) is 0 Å². The van der Waals surface area contributed by atoms with Gasteiger partial charge in [0.15, 0.2) is 0 Å². The van der Waals surface area contributed by atoms with E-state index in [9.17, 15) is 4.79 Å². The Bertz CT molecular complexity index is 742. The molecule has 124 valence electrons. The number of carbonyl (C=O) groups is 1. The molecule has 0 atom stereocenters. The molecule has 1 amide bonds. The lowest BCUT2D eigenvalue weighted by atomic mass is 10.2. The van der Waals surface area contributed by atoms with Crippen molar-refractivity contribution in [2.24, 2.45) is 5.10 Å². The summed E-state index contributed by atoms with van der Waals surface area (Å²) in [4.78, 5) is 12.1. The number of hydrazone groups is 1. The number of ether oxygens (including phenoxy) is 2. The normalized spacial score (nSPS) is 10.4. The molecule has 0 unspecified atom stereocenters. The standard InChI is InChI=1S/C18H17IN2O3/c1-3-10-24-15-7-4-13(5-8-15)12-20-21-18(22)14-6-9-16(19)17(11-14)23-2/h3-9,11-12H,1,10H2,2H3,(H,21,22)/b20-12-. The molecule has 2 aromatic rings. The van der Waals surface area contributed by atoms with Crippen LogP contribution in [-0.4, -0.2) is 25.8 Å². The van der Waals surface area contributed by atoms with Crippen molar-refractivity contribution in [2.45, 2.75) is 0 Å². The Balaban J connectivity index is 1.95. The highest BCUT2D eigenvalue weighted by atomic mass is 127. The second-order valence-corrected chi connectivity index (χ2v) is 5.88. The van der Waals surface area contributed by atoms with Gasteiger partial charge >= 0.3 is 0 Å². The molecule has 0 bridgehead atoms. The van der Waals surface area contributed by atoms with Crippen molar-refractivity contribution < 1.29 is 14.3 Å². The van der Waals surface area contributed by atoms with Crippen LogP contribution in [0.25, 0.3) is 0 Å². The summed E-state index contributed by atoms with van der Waals surface area (Å²) in [6, 6.07) is 12.6. The first-order chi connectivity index (χ1) is 11.6. The van der Waals surface area contributed by atoms with Crippen LogP contribution in [0.4, 0.5) is 0 Å². The van der Waals surface area contributed by atoms with E-state index < -0.39 is 0 Å². The van der Waals surface area contributed by atoms with Gasteiger partial charge in [-0.3, -0.25) is 4.79 Å². The van der Waals surface area contributed by atoms with Gasteiger partial charge in [0.2, 0.25) is 0 Å². The first-order valence-corrected chi connectivity index (χ1v) is 8.22. The summed E-state index contributed by atoms with van der Waals surface area (Å²) in [6.07, 6.45) is 3.25. The van der Waals surface area contributed by atoms with Crippen LogP contribution in [0.15, 0.2) is 60.2 Å². The molecule has 5 nitrogen and oxygen atoms in total. The Morgan fingerprint density at radius 3 is 2.71 bits per heavy atom. The molecule has 0 spiro atoms. The Labute approximate surface area is 154 Å². The molecule has 0 fully saturated rings. The van der Waals surface area contributed by atoms with Crippen LogP contribution in [0.1, 0.15) is 15.9 Å². The zero-order chi connectivity index (χ0) is 17.4. The molecule has 2 rings (SSSR count). The maximum Gasteiger partial charge on any atom is 0.271 e. The van der Waals surface area contributed by atoms with Gasteiger partial charge in [0.1, 0.15) is 18.1 Å². The van der Waals surface area contributed by atoms with Gasteiger partial charge in [0.25, 0.3) is 5.91 Å². The lowest BCUT2D eigenvalue weighted by molar-refractivity contribution is 0.0954. The average molecular weight is 436 g/mol. The number of hydrogen-bond acceptors (Lipinski definition) is 4. The molecule has 0 aromatic heterocycles. The quantitative estimate of drug-likeness (QED) is 0.312. The van der Waals surface area contributed by atoms with Crippen LogP contribution in [0, 0.1) is 3.57 Å². The van der Waals surface area contributed by atoms with Gasteiger partial charge in [-0.1, -0.05) is 12.7 Å².